The van der Waals surface area contributed by atoms with E-state index in [2.05, 4.69) is 10.6 Å². The van der Waals surface area contributed by atoms with Gasteiger partial charge in [0.05, 0.1) is 18.7 Å². The molecule has 0 aromatic heterocycles. The quantitative estimate of drug-likeness (QED) is 0.605. The predicted molar refractivity (Wildman–Crippen MR) is 114 cm³/mol. The lowest BCUT2D eigenvalue weighted by Gasteiger charge is -2.16. The summed E-state index contributed by atoms with van der Waals surface area (Å²) in [4.78, 5) is 36.6. The van der Waals surface area contributed by atoms with Gasteiger partial charge >= 0.3 is 5.97 Å². The Balaban J connectivity index is 1.69. The maximum absolute atomic E-state index is 12.6. The number of hydrogen-bond acceptors (Lipinski definition) is 4. The third-order valence-corrected chi connectivity index (χ3v) is 4.57. The van der Waals surface area contributed by atoms with Crippen molar-refractivity contribution in [1.29, 1.82) is 0 Å². The summed E-state index contributed by atoms with van der Waals surface area (Å²) in [7, 11) is 1.29. The maximum atomic E-state index is 12.6. The van der Waals surface area contributed by atoms with Crippen LogP contribution in [0.3, 0.4) is 0 Å². The first-order valence-corrected chi connectivity index (χ1v) is 9.43. The van der Waals surface area contributed by atoms with Crippen LogP contribution in [0.25, 0.3) is 0 Å². The third kappa shape index (κ3) is 5.11. The van der Waals surface area contributed by atoms with Crippen LogP contribution < -0.4 is 10.6 Å². The summed E-state index contributed by atoms with van der Waals surface area (Å²) in [6, 6.07) is 22.3. The molecule has 0 radical (unpaired) electrons. The number of esters is 1. The van der Waals surface area contributed by atoms with E-state index in [9.17, 15) is 14.4 Å². The van der Waals surface area contributed by atoms with E-state index in [4.69, 9.17) is 4.74 Å². The summed E-state index contributed by atoms with van der Waals surface area (Å²) in [5.41, 5.74) is 2.70. The van der Waals surface area contributed by atoms with Gasteiger partial charge in [-0.3, -0.25) is 9.59 Å². The lowest BCUT2D eigenvalue weighted by molar-refractivity contribution is 0.0600. The molecule has 1 atom stereocenters. The molecule has 3 aromatic rings. The van der Waals surface area contributed by atoms with Gasteiger partial charge in [0.1, 0.15) is 0 Å². The van der Waals surface area contributed by atoms with Crippen molar-refractivity contribution in [2.45, 2.75) is 13.0 Å². The summed E-state index contributed by atoms with van der Waals surface area (Å²) in [5, 5.41) is 5.77. The Kier molecular flexibility index (Phi) is 6.60. The van der Waals surface area contributed by atoms with Gasteiger partial charge < -0.3 is 15.4 Å². The van der Waals surface area contributed by atoms with E-state index in [-0.39, 0.29) is 17.9 Å². The smallest absolute Gasteiger partial charge is 0.337 e. The summed E-state index contributed by atoms with van der Waals surface area (Å²) >= 11 is 0. The fourth-order valence-corrected chi connectivity index (χ4v) is 2.95. The van der Waals surface area contributed by atoms with E-state index < -0.39 is 5.97 Å². The van der Waals surface area contributed by atoms with Crippen molar-refractivity contribution in [1.82, 2.24) is 5.32 Å². The number of amides is 2. The standard InChI is InChI=1S/C24H22N2O4/c1-16(25-23(28)19-11-6-12-20(14-19)24(29)30-2)18-10-7-13-21(15-18)26-22(27)17-8-4-3-5-9-17/h3-16H,1-2H3,(H,25,28)(H,26,27)/t16-/m1/s1. The Bertz CT molecular complexity index is 1060. The summed E-state index contributed by atoms with van der Waals surface area (Å²) in [6.07, 6.45) is 0. The molecule has 0 bridgehead atoms. The van der Waals surface area contributed by atoms with E-state index in [0.29, 0.717) is 22.4 Å². The molecule has 0 unspecified atom stereocenters. The molecule has 0 aliphatic heterocycles. The molecule has 2 amide bonds. The van der Waals surface area contributed by atoms with Crippen LogP contribution in [-0.4, -0.2) is 24.9 Å². The van der Waals surface area contributed by atoms with Crippen molar-refractivity contribution in [2.24, 2.45) is 0 Å². The minimum absolute atomic E-state index is 0.205. The SMILES string of the molecule is COC(=O)c1cccc(C(=O)N[C@H](C)c2cccc(NC(=O)c3ccccc3)c2)c1. The highest BCUT2D eigenvalue weighted by Gasteiger charge is 2.15. The highest BCUT2D eigenvalue weighted by molar-refractivity contribution is 6.04. The molecule has 0 aliphatic carbocycles. The molecule has 6 nitrogen and oxygen atoms in total. The van der Waals surface area contributed by atoms with E-state index in [1.807, 2.05) is 31.2 Å². The zero-order chi connectivity index (χ0) is 21.5. The zero-order valence-electron chi connectivity index (χ0n) is 16.7. The number of methoxy groups -OCH3 is 1. The van der Waals surface area contributed by atoms with Crippen LogP contribution in [-0.2, 0) is 4.74 Å². The Morgan fingerprint density at radius 3 is 2.17 bits per heavy atom. The number of carbonyl (C=O) groups is 3. The van der Waals surface area contributed by atoms with Crippen LogP contribution in [0, 0.1) is 0 Å². The molecule has 0 saturated carbocycles. The van der Waals surface area contributed by atoms with Crippen LogP contribution in [0.1, 0.15) is 49.6 Å². The maximum Gasteiger partial charge on any atom is 0.337 e. The zero-order valence-corrected chi connectivity index (χ0v) is 16.7. The Hall–Kier alpha value is -3.93. The van der Waals surface area contributed by atoms with Crippen molar-refractivity contribution in [3.8, 4) is 0 Å². The van der Waals surface area contributed by atoms with Gasteiger partial charge in [-0.2, -0.15) is 0 Å². The normalized spacial score (nSPS) is 11.3. The predicted octanol–water partition coefficient (Wildman–Crippen LogP) is 4.22. The molecule has 152 valence electrons. The van der Waals surface area contributed by atoms with Crippen molar-refractivity contribution in [3.05, 3.63) is 101 Å². The first-order valence-electron chi connectivity index (χ1n) is 9.43. The van der Waals surface area contributed by atoms with E-state index in [1.165, 1.54) is 13.2 Å². The fourth-order valence-electron chi connectivity index (χ4n) is 2.95. The first-order chi connectivity index (χ1) is 14.5. The average molecular weight is 402 g/mol. The van der Waals surface area contributed by atoms with E-state index in [1.54, 1.807) is 48.5 Å². The van der Waals surface area contributed by atoms with Gasteiger partial charge in [-0.05, 0) is 55.0 Å². The Labute approximate surface area is 174 Å². The van der Waals surface area contributed by atoms with Crippen molar-refractivity contribution in [2.75, 3.05) is 12.4 Å². The van der Waals surface area contributed by atoms with Gasteiger partial charge in [-0.25, -0.2) is 4.79 Å². The van der Waals surface area contributed by atoms with Crippen molar-refractivity contribution in [3.63, 3.8) is 0 Å². The molecular formula is C24H22N2O4. The second-order valence-corrected chi connectivity index (χ2v) is 6.71. The number of hydrogen-bond donors (Lipinski definition) is 2. The minimum atomic E-state index is -0.500. The van der Waals surface area contributed by atoms with Crippen molar-refractivity contribution < 1.29 is 19.1 Å². The first kappa shape index (κ1) is 20.8. The Morgan fingerprint density at radius 2 is 1.43 bits per heavy atom. The van der Waals surface area contributed by atoms with Gasteiger partial charge in [0.15, 0.2) is 0 Å². The Morgan fingerprint density at radius 1 is 0.767 bits per heavy atom. The second kappa shape index (κ2) is 9.52. The summed E-state index contributed by atoms with van der Waals surface area (Å²) in [6.45, 7) is 1.85. The average Bonchev–Trinajstić information content (AvgIpc) is 2.79. The number of carbonyl (C=O) groups excluding carboxylic acids is 3. The van der Waals surface area contributed by atoms with Crippen molar-refractivity contribution >= 4 is 23.5 Å². The lowest BCUT2D eigenvalue weighted by Crippen LogP contribution is -2.27. The van der Waals surface area contributed by atoms with Gasteiger partial charge in [0.2, 0.25) is 0 Å². The molecule has 0 aliphatic rings. The number of ether oxygens (including phenoxy) is 1. The second-order valence-electron chi connectivity index (χ2n) is 6.71. The van der Waals surface area contributed by atoms with Crippen LogP contribution in [0.5, 0.6) is 0 Å². The minimum Gasteiger partial charge on any atom is -0.465 e. The largest absolute Gasteiger partial charge is 0.465 e. The molecule has 0 spiro atoms. The lowest BCUT2D eigenvalue weighted by atomic mass is 10.1. The van der Waals surface area contributed by atoms with E-state index >= 15 is 0 Å². The third-order valence-electron chi connectivity index (χ3n) is 4.57. The number of benzene rings is 3. The molecule has 0 fully saturated rings. The highest BCUT2D eigenvalue weighted by Crippen LogP contribution is 2.19. The molecule has 3 aromatic carbocycles. The van der Waals surface area contributed by atoms with E-state index in [0.717, 1.165) is 5.56 Å². The van der Waals surface area contributed by atoms with Crippen LogP contribution >= 0.6 is 0 Å². The van der Waals surface area contributed by atoms with Gasteiger partial charge in [0.25, 0.3) is 11.8 Å². The van der Waals surface area contributed by atoms with Crippen LogP contribution in [0.15, 0.2) is 78.9 Å². The summed E-state index contributed by atoms with van der Waals surface area (Å²) in [5.74, 6) is -1.02. The number of rotatable bonds is 6. The van der Waals surface area contributed by atoms with Gasteiger partial charge in [-0.1, -0.05) is 36.4 Å². The molecule has 30 heavy (non-hydrogen) atoms. The molecule has 0 heterocycles. The molecule has 0 saturated heterocycles. The summed E-state index contributed by atoms with van der Waals surface area (Å²) < 4.78 is 4.69. The topological polar surface area (TPSA) is 84.5 Å². The number of anilines is 1. The fraction of sp³-hybridized carbons (Fsp3) is 0.125. The monoisotopic (exact) mass is 402 g/mol. The molecule has 3 rings (SSSR count). The highest BCUT2D eigenvalue weighted by atomic mass is 16.5. The van der Waals surface area contributed by atoms with Gasteiger partial charge in [0, 0.05) is 16.8 Å². The molecule has 6 heteroatoms. The van der Waals surface area contributed by atoms with Crippen LogP contribution in [0.4, 0.5) is 5.69 Å². The van der Waals surface area contributed by atoms with Gasteiger partial charge in [-0.15, -0.1) is 0 Å². The molecule has 2 N–H and O–H groups in total. The number of nitrogens with one attached hydrogen (secondary N) is 2. The van der Waals surface area contributed by atoms with Crippen LogP contribution in [0.2, 0.25) is 0 Å². The molecular weight excluding hydrogens is 380 g/mol.